The molecular weight excluding hydrogens is 955 g/mol. The van der Waals surface area contributed by atoms with Gasteiger partial charge in [0.15, 0.2) is 0 Å². The number of esters is 2. The fraction of sp³-hybridized carbons (Fsp3) is 0.200. The number of carboxylic acids is 1. The van der Waals surface area contributed by atoms with Gasteiger partial charge in [0.05, 0.1) is 50.2 Å². The van der Waals surface area contributed by atoms with Crippen LogP contribution in [0.1, 0.15) is 114 Å². The molecule has 0 fully saturated rings. The molecule has 0 saturated carbocycles. The van der Waals surface area contributed by atoms with Gasteiger partial charge in [0.2, 0.25) is 0 Å². The summed E-state index contributed by atoms with van der Waals surface area (Å²) in [5.41, 5.74) is 8.88. The third-order valence-electron chi connectivity index (χ3n) is 11.1. The summed E-state index contributed by atoms with van der Waals surface area (Å²) >= 11 is 0. The summed E-state index contributed by atoms with van der Waals surface area (Å²) in [5, 5.41) is 17.3. The Kier molecular flexibility index (Phi) is 21.0. The number of methoxy groups -OCH3 is 1. The van der Waals surface area contributed by atoms with Crippen molar-refractivity contribution < 1.29 is 57.6 Å². The van der Waals surface area contributed by atoms with Crippen molar-refractivity contribution >= 4 is 87.6 Å². The minimum Gasteiger partial charge on any atom is -0.493 e. The molecule has 3 aliphatic rings. The molecule has 6 aromatic carbocycles. The van der Waals surface area contributed by atoms with Crippen molar-refractivity contribution in [3.63, 3.8) is 0 Å². The number of rotatable bonds is 13. The molecule has 3 amide bonds. The molecule has 15 heteroatoms. The molecule has 3 aliphatic heterocycles. The summed E-state index contributed by atoms with van der Waals surface area (Å²) in [7, 11) is 1.32. The third kappa shape index (κ3) is 13.6. The summed E-state index contributed by atoms with van der Waals surface area (Å²) in [6, 6.07) is 37.2. The zero-order chi connectivity index (χ0) is 51.3. The zero-order valence-electron chi connectivity index (χ0n) is 40.1. The Bertz CT molecular complexity index is 3190. The second-order valence-corrected chi connectivity index (χ2v) is 15.7. The number of hydrogen-bond donors (Lipinski definition) is 4. The molecule has 0 atom stereocenters. The number of hydrogen-bond acceptors (Lipinski definition) is 11. The molecule has 75 heavy (non-hydrogen) atoms. The smallest absolute Gasteiger partial charge is 0.338 e. The van der Waals surface area contributed by atoms with E-state index in [0.29, 0.717) is 82.6 Å². The average molecular weight is 1020 g/mol. The molecule has 0 bridgehead atoms. The predicted molar refractivity (Wildman–Crippen MR) is 296 cm³/mol. The number of benzene rings is 6. The van der Waals surface area contributed by atoms with Crippen LogP contribution < -0.4 is 30.2 Å². The number of fused-ring (bicyclic) bond motifs is 3. The molecule has 0 aliphatic carbocycles. The number of anilines is 3. The fourth-order valence-electron chi connectivity index (χ4n) is 7.86. The second kappa shape index (κ2) is 27.0. The normalized spacial score (nSPS) is 13.7. The summed E-state index contributed by atoms with van der Waals surface area (Å²) in [4.78, 5) is 71.4. The molecule has 9 rings (SSSR count). The first kappa shape index (κ1) is 58.3. The quantitative estimate of drug-likeness (QED) is 0.0630. The van der Waals surface area contributed by atoms with Crippen molar-refractivity contribution in [1.82, 2.24) is 0 Å². The van der Waals surface area contributed by atoms with Gasteiger partial charge < -0.3 is 44.7 Å². The second-order valence-electron chi connectivity index (χ2n) is 15.7. The third-order valence-corrected chi connectivity index (χ3v) is 11.1. The van der Waals surface area contributed by atoms with Crippen LogP contribution in [0, 0.1) is 0 Å². The van der Waals surface area contributed by atoms with Crippen molar-refractivity contribution in [1.29, 1.82) is 0 Å². The monoisotopic (exact) mass is 1020 g/mol. The molecule has 15 nitrogen and oxygen atoms in total. The van der Waals surface area contributed by atoms with Crippen molar-refractivity contribution in [3.05, 3.63) is 177 Å². The van der Waals surface area contributed by atoms with Crippen LogP contribution in [0.15, 0.2) is 127 Å². The van der Waals surface area contributed by atoms with Gasteiger partial charge in [-0.15, -0.1) is 0 Å². The van der Waals surface area contributed by atoms with Crippen molar-refractivity contribution in [3.8, 4) is 17.2 Å². The number of carbonyl (C=O) groups is 6. The van der Waals surface area contributed by atoms with Crippen LogP contribution in [-0.4, -0.2) is 74.3 Å². The first-order valence-electron chi connectivity index (χ1n) is 23.0. The van der Waals surface area contributed by atoms with E-state index >= 15 is 0 Å². The van der Waals surface area contributed by atoms with E-state index in [9.17, 15) is 28.8 Å². The maximum absolute atomic E-state index is 12.4. The van der Waals surface area contributed by atoms with Gasteiger partial charge in [0, 0.05) is 67.2 Å². The van der Waals surface area contributed by atoms with E-state index in [2.05, 4.69) is 16.0 Å². The van der Waals surface area contributed by atoms with Gasteiger partial charge in [0.25, 0.3) is 17.7 Å². The molecule has 0 aromatic heterocycles. The highest BCUT2D eigenvalue weighted by molar-refractivity contribution is 6.36. The fourth-order valence-corrected chi connectivity index (χ4v) is 7.86. The minimum absolute atomic E-state index is 0. The van der Waals surface area contributed by atoms with Crippen LogP contribution in [0.5, 0.6) is 17.2 Å². The number of ether oxygens (including phenoxy) is 5. The molecule has 390 valence electrons. The highest BCUT2D eigenvalue weighted by atomic mass is 16.5. The molecule has 0 spiro atoms. The summed E-state index contributed by atoms with van der Waals surface area (Å²) < 4.78 is 26.5. The Hall–Kier alpha value is -9.24. The van der Waals surface area contributed by atoms with Gasteiger partial charge in [-0.3, -0.25) is 14.4 Å². The number of para-hydroxylation sites is 3. The first-order chi connectivity index (χ1) is 34.9. The Morgan fingerprint density at radius 3 is 1.09 bits per heavy atom. The Balaban J connectivity index is 0.000000239. The zero-order valence-corrected chi connectivity index (χ0v) is 40.1. The summed E-state index contributed by atoms with van der Waals surface area (Å²) in [6.45, 7) is 9.41. The lowest BCUT2D eigenvalue weighted by atomic mass is 10.0. The lowest BCUT2D eigenvalue weighted by Gasteiger charge is -2.07. The van der Waals surface area contributed by atoms with E-state index in [1.165, 1.54) is 19.2 Å². The van der Waals surface area contributed by atoms with E-state index in [-0.39, 0.29) is 45.6 Å². The van der Waals surface area contributed by atoms with Crippen LogP contribution in [-0.2, 0) is 23.9 Å². The number of nitrogens with one attached hydrogen (secondary N) is 3. The van der Waals surface area contributed by atoms with Crippen LogP contribution in [0.25, 0.3) is 34.9 Å². The van der Waals surface area contributed by atoms with E-state index in [0.717, 1.165) is 39.3 Å². The Labute approximate surface area is 437 Å². The minimum atomic E-state index is -1.03. The van der Waals surface area contributed by atoms with Crippen LogP contribution in [0.4, 0.5) is 17.1 Å². The number of carbonyl (C=O) groups excluding carboxylic acids is 5. The maximum atomic E-state index is 12.4. The largest absolute Gasteiger partial charge is 0.493 e. The van der Waals surface area contributed by atoms with Gasteiger partial charge in [-0.25, -0.2) is 14.4 Å². The first-order valence-corrected chi connectivity index (χ1v) is 23.0. The lowest BCUT2D eigenvalue weighted by Crippen LogP contribution is -2.06. The molecule has 0 radical (unpaired) electrons. The van der Waals surface area contributed by atoms with E-state index < -0.39 is 17.9 Å². The van der Waals surface area contributed by atoms with E-state index in [1.807, 2.05) is 93.6 Å². The predicted octanol–water partition coefficient (Wildman–Crippen LogP) is 12.3. The van der Waals surface area contributed by atoms with Gasteiger partial charge >= 0.3 is 17.9 Å². The van der Waals surface area contributed by atoms with Gasteiger partial charge in [-0.05, 0) is 101 Å². The van der Waals surface area contributed by atoms with Crippen molar-refractivity contribution in [2.45, 2.75) is 50.0 Å². The average Bonchev–Trinajstić information content (AvgIpc) is 3.99. The lowest BCUT2D eigenvalue weighted by molar-refractivity contribution is -0.111. The van der Waals surface area contributed by atoms with Gasteiger partial charge in [-0.2, -0.15) is 0 Å². The van der Waals surface area contributed by atoms with Gasteiger partial charge in [-0.1, -0.05) is 95.1 Å². The van der Waals surface area contributed by atoms with Gasteiger partial charge in [0.1, 0.15) is 17.2 Å². The van der Waals surface area contributed by atoms with E-state index in [1.54, 1.807) is 67.6 Å². The maximum Gasteiger partial charge on any atom is 0.338 e. The Morgan fingerprint density at radius 1 is 0.453 bits per heavy atom. The molecule has 4 N–H and O–H groups in total. The summed E-state index contributed by atoms with van der Waals surface area (Å²) in [6.07, 6.45) is 5.35. The molecule has 3 heterocycles. The molecule has 6 aromatic rings. The topological polar surface area (TPSA) is 205 Å². The number of amides is 3. The van der Waals surface area contributed by atoms with Crippen LogP contribution >= 0.6 is 0 Å². The van der Waals surface area contributed by atoms with Crippen molar-refractivity contribution in [2.24, 2.45) is 0 Å². The van der Waals surface area contributed by atoms with Crippen LogP contribution in [0.2, 0.25) is 0 Å². The Morgan fingerprint density at radius 2 is 0.773 bits per heavy atom. The van der Waals surface area contributed by atoms with Crippen LogP contribution in [0.3, 0.4) is 0 Å². The number of aromatic carboxylic acids is 1. The SMILES string of the molecule is C.C.C.CCOC(=O)c1ccc2c(c1)NC(=O)/C2=C/c1ccccc1OCC.CCOc1ccccc1/C=C1/C(=O)Nc2cc(C(=O)O)ccc21.CCOc1ccccc1/C=C1/C(=O)Nc2cc(C(=O)OC)ccc21. The highest BCUT2D eigenvalue weighted by Crippen LogP contribution is 2.38. The standard InChI is InChI=1S/C20H19NO4.C19H17NO4.C18H15NO4.3CH4/c1-3-24-18-8-6-5-7-13(18)11-16-15-10-9-14(20(23)25-4-2)12-17(15)21-19(16)22;1-3-24-17-7-5-4-6-12(17)10-15-14-9-8-13(19(22)23-2)11-16(14)20-18(15)21;1-2-23-16-6-4-3-5-11(16)9-14-13-8-7-12(18(21)22)10-15(13)19-17(14)20;;;/h5-12H,3-4H2,1-2H3,(H,21,22);4-11H,3H2,1-2H3,(H,20,21);3-10H,2H2,1H3,(H,19,20)(H,21,22);3*1H4/b16-11+;15-10+;14-9+;;;. The molecular formula is C60H63N3O12. The summed E-state index contributed by atoms with van der Waals surface area (Å²) in [5.74, 6) is -0.395. The molecule has 0 saturated heterocycles. The molecule has 0 unspecified atom stereocenters. The highest BCUT2D eigenvalue weighted by Gasteiger charge is 2.28. The number of carboxylic acid groups (broad SMARTS) is 1. The van der Waals surface area contributed by atoms with Crippen molar-refractivity contribution in [2.75, 3.05) is 49.5 Å². The van der Waals surface area contributed by atoms with E-state index in [4.69, 9.17) is 28.8 Å².